The quantitative estimate of drug-likeness (QED) is 0.891. The molecule has 3 rings (SSSR count). The van der Waals surface area contributed by atoms with Crippen LogP contribution in [-0.2, 0) is 4.79 Å². The summed E-state index contributed by atoms with van der Waals surface area (Å²) in [7, 11) is 0. The summed E-state index contributed by atoms with van der Waals surface area (Å²) >= 11 is 0. The molecule has 1 fully saturated rings. The molecule has 0 aromatic heterocycles. The van der Waals surface area contributed by atoms with E-state index in [1.54, 1.807) is 6.07 Å². The fraction of sp³-hybridized carbons (Fsp3) is 0.263. The van der Waals surface area contributed by atoms with Crippen LogP contribution in [0.1, 0.15) is 10.4 Å². The molecule has 0 aliphatic carbocycles. The van der Waals surface area contributed by atoms with Gasteiger partial charge in [-0.1, -0.05) is 6.07 Å². The van der Waals surface area contributed by atoms with Crippen molar-refractivity contribution in [1.82, 2.24) is 9.80 Å². The topological polar surface area (TPSA) is 52.7 Å². The number of rotatable bonds is 4. The highest BCUT2D eigenvalue weighted by Gasteiger charge is 2.24. The number of nitrogens with zero attached hydrogens (tertiary/aromatic N) is 2. The highest BCUT2D eigenvalue weighted by molar-refractivity contribution is 5.94. The van der Waals surface area contributed by atoms with Crippen molar-refractivity contribution in [3.05, 3.63) is 65.5 Å². The second-order valence-electron chi connectivity index (χ2n) is 6.28. The Morgan fingerprint density at radius 1 is 0.889 bits per heavy atom. The third kappa shape index (κ3) is 5.07. The number of nitrogens with one attached hydrogen (secondary N) is 1. The molecule has 2 amide bonds. The molecule has 0 saturated carbocycles. The summed E-state index contributed by atoms with van der Waals surface area (Å²) < 4.78 is 39.7. The van der Waals surface area contributed by atoms with Crippen LogP contribution in [0.2, 0.25) is 0 Å². The summed E-state index contributed by atoms with van der Waals surface area (Å²) in [5, 5.41) is 2.62. The minimum absolute atomic E-state index is 0.0372. The van der Waals surface area contributed by atoms with Crippen molar-refractivity contribution in [2.75, 3.05) is 38.0 Å². The van der Waals surface area contributed by atoms with Gasteiger partial charge in [-0.15, -0.1) is 0 Å². The Hall–Kier alpha value is -2.87. The molecule has 1 heterocycles. The summed E-state index contributed by atoms with van der Waals surface area (Å²) in [6.07, 6.45) is 0. The second kappa shape index (κ2) is 8.22. The molecule has 0 unspecified atom stereocenters. The molecule has 0 bridgehead atoms. The van der Waals surface area contributed by atoms with Gasteiger partial charge in [-0.2, -0.15) is 0 Å². The van der Waals surface area contributed by atoms with E-state index in [9.17, 15) is 22.8 Å². The van der Waals surface area contributed by atoms with Crippen LogP contribution in [0.3, 0.4) is 0 Å². The predicted octanol–water partition coefficient (Wildman–Crippen LogP) is 2.50. The highest BCUT2D eigenvalue weighted by atomic mass is 19.1. The molecule has 5 nitrogen and oxygen atoms in total. The Kier molecular flexibility index (Phi) is 5.75. The number of carbonyl (C=O) groups is 2. The number of halogens is 3. The summed E-state index contributed by atoms with van der Waals surface area (Å²) in [4.78, 5) is 27.8. The fourth-order valence-electron chi connectivity index (χ4n) is 2.94. The molecule has 0 atom stereocenters. The van der Waals surface area contributed by atoms with E-state index in [0.717, 1.165) is 12.1 Å². The van der Waals surface area contributed by atoms with Gasteiger partial charge in [0.05, 0.1) is 6.54 Å². The van der Waals surface area contributed by atoms with Gasteiger partial charge >= 0.3 is 0 Å². The lowest BCUT2D eigenvalue weighted by atomic mass is 10.1. The molecular weight excluding hydrogens is 359 g/mol. The maximum atomic E-state index is 13.3. The zero-order chi connectivity index (χ0) is 19.4. The number of anilines is 1. The average Bonchev–Trinajstić information content (AvgIpc) is 2.61. The van der Waals surface area contributed by atoms with E-state index in [1.807, 2.05) is 4.90 Å². The lowest BCUT2D eigenvalue weighted by molar-refractivity contribution is -0.117. The molecule has 2 aromatic carbocycles. The normalized spacial score (nSPS) is 14.9. The van der Waals surface area contributed by atoms with Gasteiger partial charge in [0.25, 0.3) is 5.91 Å². The lowest BCUT2D eigenvalue weighted by Gasteiger charge is -2.34. The summed E-state index contributed by atoms with van der Waals surface area (Å²) in [6, 6.07) is 8.34. The molecule has 1 saturated heterocycles. The monoisotopic (exact) mass is 377 g/mol. The molecule has 1 N–H and O–H groups in total. The van der Waals surface area contributed by atoms with Gasteiger partial charge in [0.2, 0.25) is 5.91 Å². The Bertz CT molecular complexity index is 832. The first-order chi connectivity index (χ1) is 12.9. The van der Waals surface area contributed by atoms with Crippen molar-refractivity contribution in [2.24, 2.45) is 0 Å². The SMILES string of the molecule is O=C(CN1CCN(C(=O)c2cc(F)cc(F)c2)CC1)Nc1cccc(F)c1. The van der Waals surface area contributed by atoms with Crippen LogP contribution in [0.15, 0.2) is 42.5 Å². The van der Waals surface area contributed by atoms with Crippen molar-refractivity contribution in [3.63, 3.8) is 0 Å². The van der Waals surface area contributed by atoms with Gasteiger partial charge < -0.3 is 10.2 Å². The second-order valence-corrected chi connectivity index (χ2v) is 6.28. The van der Waals surface area contributed by atoms with E-state index in [-0.39, 0.29) is 18.0 Å². The van der Waals surface area contributed by atoms with E-state index >= 15 is 0 Å². The van der Waals surface area contributed by atoms with E-state index < -0.39 is 23.4 Å². The number of benzene rings is 2. The van der Waals surface area contributed by atoms with E-state index in [4.69, 9.17) is 0 Å². The molecule has 8 heteroatoms. The smallest absolute Gasteiger partial charge is 0.254 e. The molecule has 0 spiro atoms. The minimum Gasteiger partial charge on any atom is -0.336 e. The largest absolute Gasteiger partial charge is 0.336 e. The molecule has 1 aliphatic heterocycles. The highest BCUT2D eigenvalue weighted by Crippen LogP contribution is 2.13. The molecule has 27 heavy (non-hydrogen) atoms. The van der Waals surface area contributed by atoms with Gasteiger partial charge in [-0.3, -0.25) is 14.5 Å². The van der Waals surface area contributed by atoms with Gasteiger partial charge in [0.1, 0.15) is 17.5 Å². The first-order valence-corrected chi connectivity index (χ1v) is 8.44. The number of piperazine rings is 1. The summed E-state index contributed by atoms with van der Waals surface area (Å²) in [5.74, 6) is -2.77. The molecule has 0 radical (unpaired) electrons. The van der Waals surface area contributed by atoms with Crippen molar-refractivity contribution >= 4 is 17.5 Å². The summed E-state index contributed by atoms with van der Waals surface area (Å²) in [6.45, 7) is 1.67. The number of amides is 2. The number of hydrogen-bond donors (Lipinski definition) is 1. The van der Waals surface area contributed by atoms with Gasteiger partial charge in [-0.05, 0) is 30.3 Å². The van der Waals surface area contributed by atoms with Crippen LogP contribution in [0, 0.1) is 17.5 Å². The summed E-state index contributed by atoms with van der Waals surface area (Å²) in [5.41, 5.74) is 0.340. The first-order valence-electron chi connectivity index (χ1n) is 8.44. The zero-order valence-electron chi connectivity index (χ0n) is 14.4. The van der Waals surface area contributed by atoms with Crippen LogP contribution in [0.4, 0.5) is 18.9 Å². The Labute approximate surface area is 154 Å². The van der Waals surface area contributed by atoms with Crippen LogP contribution < -0.4 is 5.32 Å². The maximum absolute atomic E-state index is 13.3. The van der Waals surface area contributed by atoms with Gasteiger partial charge in [0, 0.05) is 43.5 Å². The Morgan fingerprint density at radius 3 is 2.19 bits per heavy atom. The third-order valence-electron chi connectivity index (χ3n) is 4.24. The van der Waals surface area contributed by atoms with Crippen molar-refractivity contribution in [1.29, 1.82) is 0 Å². The molecule has 1 aliphatic rings. The van der Waals surface area contributed by atoms with Crippen LogP contribution >= 0.6 is 0 Å². The van der Waals surface area contributed by atoms with Crippen molar-refractivity contribution in [3.8, 4) is 0 Å². The minimum atomic E-state index is -0.800. The average molecular weight is 377 g/mol. The molecular formula is C19H18F3N3O2. The zero-order valence-corrected chi connectivity index (χ0v) is 14.4. The fourth-order valence-corrected chi connectivity index (χ4v) is 2.94. The standard InChI is InChI=1S/C19H18F3N3O2/c20-14-2-1-3-17(11-14)23-18(26)12-24-4-6-25(7-5-24)19(27)13-8-15(21)10-16(22)9-13/h1-3,8-11H,4-7,12H2,(H,23,26). The van der Waals surface area contributed by atoms with Crippen molar-refractivity contribution < 1.29 is 22.8 Å². The Morgan fingerprint density at radius 2 is 1.56 bits per heavy atom. The first kappa shape index (κ1) is 18.9. The molecule has 2 aromatic rings. The van der Waals surface area contributed by atoms with E-state index in [2.05, 4.69) is 5.32 Å². The number of hydrogen-bond acceptors (Lipinski definition) is 3. The van der Waals surface area contributed by atoms with Gasteiger partial charge in [0.15, 0.2) is 0 Å². The van der Waals surface area contributed by atoms with Crippen LogP contribution in [-0.4, -0.2) is 54.3 Å². The lowest BCUT2D eigenvalue weighted by Crippen LogP contribution is -2.50. The molecule has 142 valence electrons. The van der Waals surface area contributed by atoms with Gasteiger partial charge in [-0.25, -0.2) is 13.2 Å². The van der Waals surface area contributed by atoms with E-state index in [1.165, 1.54) is 23.1 Å². The number of carbonyl (C=O) groups excluding carboxylic acids is 2. The van der Waals surface area contributed by atoms with Crippen LogP contribution in [0.25, 0.3) is 0 Å². The van der Waals surface area contributed by atoms with Crippen molar-refractivity contribution in [2.45, 2.75) is 0 Å². The predicted molar refractivity (Wildman–Crippen MR) is 93.7 cm³/mol. The Balaban J connectivity index is 1.51. The van der Waals surface area contributed by atoms with Crippen LogP contribution in [0.5, 0.6) is 0 Å². The van der Waals surface area contributed by atoms with E-state index in [0.29, 0.717) is 37.9 Å². The third-order valence-corrected chi connectivity index (χ3v) is 4.24. The maximum Gasteiger partial charge on any atom is 0.254 e.